The summed E-state index contributed by atoms with van der Waals surface area (Å²) in [6.45, 7) is 0.262. The third-order valence-electron chi connectivity index (χ3n) is 2.75. The summed E-state index contributed by atoms with van der Waals surface area (Å²) < 4.78 is 27.1. The first kappa shape index (κ1) is 15.5. The molecule has 0 fully saturated rings. The van der Waals surface area contributed by atoms with Crippen LogP contribution >= 0.6 is 12.2 Å². The zero-order chi connectivity index (χ0) is 15.3. The van der Waals surface area contributed by atoms with Gasteiger partial charge >= 0.3 is 0 Å². The van der Waals surface area contributed by atoms with Crippen LogP contribution in [0.25, 0.3) is 0 Å². The van der Waals surface area contributed by atoms with Gasteiger partial charge in [0.05, 0.1) is 0 Å². The van der Waals surface area contributed by atoms with Gasteiger partial charge in [-0.25, -0.2) is 13.1 Å². The van der Waals surface area contributed by atoms with E-state index in [1.807, 2.05) is 12.1 Å². The van der Waals surface area contributed by atoms with Crippen molar-refractivity contribution in [1.29, 1.82) is 0 Å². The van der Waals surface area contributed by atoms with Crippen LogP contribution in [0.5, 0.6) is 0 Å². The van der Waals surface area contributed by atoms with Crippen molar-refractivity contribution in [3.63, 3.8) is 0 Å². The molecule has 8 heteroatoms. The summed E-state index contributed by atoms with van der Waals surface area (Å²) in [4.78, 5) is 7.76. The Kier molecular flexibility index (Phi) is 4.94. The van der Waals surface area contributed by atoms with Crippen molar-refractivity contribution in [2.24, 2.45) is 5.73 Å². The van der Waals surface area contributed by atoms with Crippen LogP contribution in [0.15, 0.2) is 47.8 Å². The summed E-state index contributed by atoms with van der Waals surface area (Å²) in [7, 11) is -3.70. The Morgan fingerprint density at radius 2 is 1.95 bits per heavy atom. The summed E-state index contributed by atoms with van der Waals surface area (Å²) in [5.74, 6) is 0. The summed E-state index contributed by atoms with van der Waals surface area (Å²) >= 11 is 4.82. The average molecular weight is 322 g/mol. The van der Waals surface area contributed by atoms with Crippen molar-refractivity contribution in [3.8, 4) is 0 Å². The molecule has 0 aliphatic heterocycles. The number of nitrogens with two attached hydrogens (primary N) is 1. The van der Waals surface area contributed by atoms with Gasteiger partial charge in [-0.2, -0.15) is 0 Å². The van der Waals surface area contributed by atoms with E-state index in [1.165, 1.54) is 18.3 Å². The molecule has 0 bridgehead atoms. The quantitative estimate of drug-likeness (QED) is 0.757. The number of nitrogens with zero attached hydrogens (tertiary/aromatic N) is 2. The Bertz CT molecular complexity index is 733. The zero-order valence-corrected chi connectivity index (χ0v) is 12.7. The maximum Gasteiger partial charge on any atom is 0.242 e. The summed E-state index contributed by atoms with van der Waals surface area (Å²) in [5, 5.41) is 0. The molecule has 0 radical (unpaired) electrons. The summed E-state index contributed by atoms with van der Waals surface area (Å²) in [6, 6.07) is 6.62. The number of aromatic nitrogens is 2. The van der Waals surface area contributed by atoms with E-state index in [4.69, 9.17) is 18.0 Å². The molecule has 2 rings (SSSR count). The number of thiocarbonyl (C=S) groups is 1. The van der Waals surface area contributed by atoms with Crippen molar-refractivity contribution in [1.82, 2.24) is 14.7 Å². The first-order chi connectivity index (χ1) is 10.0. The van der Waals surface area contributed by atoms with Crippen LogP contribution in [0.3, 0.4) is 0 Å². The normalized spacial score (nSPS) is 11.2. The minimum atomic E-state index is -3.70. The average Bonchev–Trinajstić information content (AvgIpc) is 2.48. The molecule has 0 aliphatic rings. The number of sulfonamides is 1. The highest BCUT2D eigenvalue weighted by Crippen LogP contribution is 2.12. The Labute approximate surface area is 128 Å². The lowest BCUT2D eigenvalue weighted by molar-refractivity contribution is 0.581. The Morgan fingerprint density at radius 1 is 1.24 bits per heavy atom. The van der Waals surface area contributed by atoms with Gasteiger partial charge in [-0.3, -0.25) is 9.97 Å². The smallest absolute Gasteiger partial charge is 0.242 e. The summed E-state index contributed by atoms with van der Waals surface area (Å²) in [5.41, 5.74) is 6.60. The Morgan fingerprint density at radius 3 is 2.62 bits per heavy atom. The summed E-state index contributed by atoms with van der Waals surface area (Å²) in [6.07, 6.45) is 5.33. The predicted octanol–water partition coefficient (Wildman–Crippen LogP) is 0.632. The molecule has 6 nitrogen and oxygen atoms in total. The molecule has 0 amide bonds. The molecule has 2 aromatic rings. The van der Waals surface area contributed by atoms with E-state index in [9.17, 15) is 8.42 Å². The maximum atomic E-state index is 12.3. The molecular formula is C13H14N4O2S2. The predicted molar refractivity (Wildman–Crippen MR) is 83.3 cm³/mol. The number of nitrogens with one attached hydrogen (secondary N) is 1. The monoisotopic (exact) mass is 322 g/mol. The number of rotatable bonds is 6. The highest BCUT2D eigenvalue weighted by Gasteiger charge is 2.20. The first-order valence-corrected chi connectivity index (χ1v) is 8.03. The molecule has 0 saturated heterocycles. The van der Waals surface area contributed by atoms with Gasteiger partial charge in [0.25, 0.3) is 0 Å². The molecule has 0 atom stereocenters. The lowest BCUT2D eigenvalue weighted by Gasteiger charge is -2.09. The van der Waals surface area contributed by atoms with Crippen LogP contribution in [-0.2, 0) is 16.4 Å². The van der Waals surface area contributed by atoms with Gasteiger partial charge in [0, 0.05) is 25.1 Å². The fourth-order valence-electron chi connectivity index (χ4n) is 1.75. The highest BCUT2D eigenvalue weighted by atomic mass is 32.2. The molecule has 0 aromatic carbocycles. The minimum Gasteiger partial charge on any atom is -0.388 e. The highest BCUT2D eigenvalue weighted by molar-refractivity contribution is 7.89. The van der Waals surface area contributed by atoms with Crippen LogP contribution in [0.2, 0.25) is 0 Å². The van der Waals surface area contributed by atoms with E-state index in [0.29, 0.717) is 6.42 Å². The molecule has 21 heavy (non-hydrogen) atoms. The molecule has 0 saturated carbocycles. The van der Waals surface area contributed by atoms with Crippen molar-refractivity contribution < 1.29 is 8.42 Å². The largest absolute Gasteiger partial charge is 0.388 e. The molecule has 0 aliphatic carbocycles. The van der Waals surface area contributed by atoms with Crippen LogP contribution in [0.4, 0.5) is 0 Å². The van der Waals surface area contributed by atoms with Gasteiger partial charge in [-0.15, -0.1) is 0 Å². The van der Waals surface area contributed by atoms with Crippen molar-refractivity contribution in [3.05, 3.63) is 54.1 Å². The SMILES string of the molecule is NC(=S)c1ncccc1S(=O)(=O)NCCc1ccncc1. The van der Waals surface area contributed by atoms with Crippen LogP contribution in [-0.4, -0.2) is 29.9 Å². The Balaban J connectivity index is 2.11. The molecule has 3 N–H and O–H groups in total. The van der Waals surface area contributed by atoms with E-state index in [2.05, 4.69) is 14.7 Å². The molecule has 2 heterocycles. The van der Waals surface area contributed by atoms with Gasteiger partial charge in [0.1, 0.15) is 15.6 Å². The second kappa shape index (κ2) is 6.70. The van der Waals surface area contributed by atoms with Crippen LogP contribution in [0, 0.1) is 0 Å². The van der Waals surface area contributed by atoms with Crippen molar-refractivity contribution in [2.75, 3.05) is 6.54 Å². The van der Waals surface area contributed by atoms with E-state index in [1.54, 1.807) is 12.4 Å². The molecule has 0 spiro atoms. The second-order valence-corrected chi connectivity index (χ2v) is 6.39. The van der Waals surface area contributed by atoms with E-state index in [-0.39, 0.29) is 22.1 Å². The van der Waals surface area contributed by atoms with Gasteiger partial charge in [0.2, 0.25) is 10.0 Å². The minimum absolute atomic E-state index is 0.00720. The topological polar surface area (TPSA) is 98.0 Å². The first-order valence-electron chi connectivity index (χ1n) is 6.14. The zero-order valence-electron chi connectivity index (χ0n) is 11.1. The lowest BCUT2D eigenvalue weighted by Crippen LogP contribution is -2.28. The number of pyridine rings is 2. The maximum absolute atomic E-state index is 12.3. The second-order valence-electron chi connectivity index (χ2n) is 4.22. The van der Waals surface area contributed by atoms with E-state index < -0.39 is 10.0 Å². The van der Waals surface area contributed by atoms with Gasteiger partial charge < -0.3 is 5.73 Å². The van der Waals surface area contributed by atoms with Gasteiger partial charge in [0.15, 0.2) is 0 Å². The van der Waals surface area contributed by atoms with Gasteiger partial charge in [-0.1, -0.05) is 12.2 Å². The standard InChI is InChI=1S/C13H14N4O2S2/c14-13(20)12-11(2-1-6-16-12)21(18,19)17-9-5-10-3-7-15-8-4-10/h1-4,6-8,17H,5,9H2,(H2,14,20). The van der Waals surface area contributed by atoms with Crippen LogP contribution in [0.1, 0.15) is 11.3 Å². The van der Waals surface area contributed by atoms with Crippen molar-refractivity contribution in [2.45, 2.75) is 11.3 Å². The van der Waals surface area contributed by atoms with E-state index >= 15 is 0 Å². The van der Waals surface area contributed by atoms with Crippen molar-refractivity contribution >= 4 is 27.2 Å². The molecule has 2 aromatic heterocycles. The third kappa shape index (κ3) is 4.03. The molecule has 110 valence electrons. The molecular weight excluding hydrogens is 308 g/mol. The fraction of sp³-hybridized carbons (Fsp3) is 0.154. The Hall–Kier alpha value is -1.90. The number of hydrogen-bond acceptors (Lipinski definition) is 5. The van der Waals surface area contributed by atoms with Crippen LogP contribution < -0.4 is 10.5 Å². The number of hydrogen-bond donors (Lipinski definition) is 2. The molecule has 0 unspecified atom stereocenters. The van der Waals surface area contributed by atoms with Gasteiger partial charge in [-0.05, 0) is 36.2 Å². The van der Waals surface area contributed by atoms with E-state index in [0.717, 1.165) is 5.56 Å². The lowest BCUT2D eigenvalue weighted by atomic mass is 10.2. The third-order valence-corrected chi connectivity index (χ3v) is 4.43. The fourth-order valence-corrected chi connectivity index (χ4v) is 3.18.